The highest BCUT2D eigenvalue weighted by molar-refractivity contribution is 7.18. The Labute approximate surface area is 173 Å². The lowest BCUT2D eigenvalue weighted by Gasteiger charge is -2.33. The fourth-order valence-electron chi connectivity index (χ4n) is 3.67. The van der Waals surface area contributed by atoms with Gasteiger partial charge < -0.3 is 10.2 Å². The number of aromatic nitrogens is 2. The summed E-state index contributed by atoms with van der Waals surface area (Å²) in [5, 5.41) is 4.83. The Morgan fingerprint density at radius 2 is 2.21 bits per heavy atom. The first-order chi connectivity index (χ1) is 13.7. The lowest BCUT2D eigenvalue weighted by atomic mass is 9.97. The summed E-state index contributed by atoms with van der Waals surface area (Å²) in [6.45, 7) is 4.20. The van der Waals surface area contributed by atoms with Crippen molar-refractivity contribution >= 4 is 44.9 Å². The topological polar surface area (TPSA) is 58.1 Å². The number of halogens is 1. The van der Waals surface area contributed by atoms with Crippen LogP contribution in [0.3, 0.4) is 0 Å². The van der Waals surface area contributed by atoms with Crippen LogP contribution in [-0.2, 0) is 17.8 Å². The zero-order valence-electron chi connectivity index (χ0n) is 15.8. The molecule has 0 spiro atoms. The SMILES string of the molecule is CCc1cc2c(N3CCC[C@H](C(=O)NCc4ccccc4Cl)C3)ncnc2s1. The van der Waals surface area contributed by atoms with Gasteiger partial charge in [0.05, 0.1) is 11.3 Å². The van der Waals surface area contributed by atoms with Crippen LogP contribution >= 0.6 is 22.9 Å². The second kappa shape index (κ2) is 8.45. The third-order valence-electron chi connectivity index (χ3n) is 5.21. The van der Waals surface area contributed by atoms with Crippen LogP contribution in [0.5, 0.6) is 0 Å². The van der Waals surface area contributed by atoms with E-state index in [0.717, 1.165) is 47.4 Å². The molecule has 1 aromatic carbocycles. The Kier molecular flexibility index (Phi) is 5.78. The number of amides is 1. The molecule has 7 heteroatoms. The summed E-state index contributed by atoms with van der Waals surface area (Å²) in [7, 11) is 0. The standard InChI is InChI=1S/C21H23ClN4OS/c1-2-16-10-17-19(24-13-25-21(17)28-16)26-9-5-7-15(12-26)20(27)23-11-14-6-3-4-8-18(14)22/h3-4,6,8,10,13,15H,2,5,7,9,11-12H2,1H3,(H,23,27)/t15-/m0/s1. The van der Waals surface area contributed by atoms with Crippen LogP contribution in [0.15, 0.2) is 36.7 Å². The van der Waals surface area contributed by atoms with Gasteiger partial charge in [-0.1, -0.05) is 36.7 Å². The highest BCUT2D eigenvalue weighted by Crippen LogP contribution is 2.32. The third kappa shape index (κ3) is 3.98. The number of piperidine rings is 1. The number of nitrogens with zero attached hydrogens (tertiary/aromatic N) is 3. The molecule has 0 saturated carbocycles. The monoisotopic (exact) mass is 414 g/mol. The van der Waals surface area contributed by atoms with Crippen molar-refractivity contribution in [1.29, 1.82) is 0 Å². The number of thiophene rings is 1. The van der Waals surface area contributed by atoms with Gasteiger partial charge in [-0.25, -0.2) is 9.97 Å². The zero-order chi connectivity index (χ0) is 19.5. The molecule has 1 amide bonds. The first kappa shape index (κ1) is 19.2. The van der Waals surface area contributed by atoms with Crippen molar-refractivity contribution in [2.75, 3.05) is 18.0 Å². The summed E-state index contributed by atoms with van der Waals surface area (Å²) < 4.78 is 0. The number of anilines is 1. The molecule has 1 N–H and O–H groups in total. The summed E-state index contributed by atoms with van der Waals surface area (Å²) in [6.07, 6.45) is 4.49. The van der Waals surface area contributed by atoms with Crippen molar-refractivity contribution in [2.24, 2.45) is 5.92 Å². The summed E-state index contributed by atoms with van der Waals surface area (Å²) in [6, 6.07) is 9.80. The predicted molar refractivity (Wildman–Crippen MR) is 115 cm³/mol. The van der Waals surface area contributed by atoms with E-state index in [2.05, 4.69) is 33.2 Å². The highest BCUT2D eigenvalue weighted by Gasteiger charge is 2.27. The van der Waals surface area contributed by atoms with Crippen LogP contribution in [-0.4, -0.2) is 29.0 Å². The molecule has 1 aliphatic heterocycles. The fourth-order valence-corrected chi connectivity index (χ4v) is 4.80. The fraction of sp³-hybridized carbons (Fsp3) is 0.381. The molecule has 1 fully saturated rings. The van der Waals surface area contributed by atoms with E-state index in [1.807, 2.05) is 24.3 Å². The molecular formula is C21H23ClN4OS. The molecular weight excluding hydrogens is 392 g/mol. The van der Waals surface area contributed by atoms with E-state index < -0.39 is 0 Å². The quantitative estimate of drug-likeness (QED) is 0.670. The first-order valence-corrected chi connectivity index (χ1v) is 10.8. The van der Waals surface area contributed by atoms with Gasteiger partial charge in [0, 0.05) is 29.5 Å². The molecule has 146 valence electrons. The van der Waals surface area contributed by atoms with Crippen LogP contribution in [0.4, 0.5) is 5.82 Å². The molecule has 2 aromatic heterocycles. The number of rotatable bonds is 5. The lowest BCUT2D eigenvalue weighted by molar-refractivity contribution is -0.125. The van der Waals surface area contributed by atoms with Gasteiger partial charge in [0.15, 0.2) is 0 Å². The molecule has 0 unspecified atom stereocenters. The van der Waals surface area contributed by atoms with E-state index >= 15 is 0 Å². The summed E-state index contributed by atoms with van der Waals surface area (Å²) in [5.74, 6) is 0.976. The number of carbonyl (C=O) groups excluding carboxylic acids is 1. The largest absolute Gasteiger partial charge is 0.355 e. The van der Waals surface area contributed by atoms with Crippen molar-refractivity contribution < 1.29 is 4.79 Å². The Morgan fingerprint density at radius 3 is 3.04 bits per heavy atom. The molecule has 0 radical (unpaired) electrons. The van der Waals surface area contributed by atoms with Crippen molar-refractivity contribution in [3.8, 4) is 0 Å². The number of fused-ring (bicyclic) bond motifs is 1. The van der Waals surface area contributed by atoms with Gasteiger partial charge in [-0.05, 0) is 37.0 Å². The number of aryl methyl sites for hydroxylation is 1. The van der Waals surface area contributed by atoms with Crippen LogP contribution in [0.2, 0.25) is 5.02 Å². The Hall–Kier alpha value is -2.18. The van der Waals surface area contributed by atoms with Crippen LogP contribution < -0.4 is 10.2 Å². The number of hydrogen-bond donors (Lipinski definition) is 1. The summed E-state index contributed by atoms with van der Waals surface area (Å²) in [5.41, 5.74) is 0.938. The van der Waals surface area contributed by atoms with E-state index in [1.54, 1.807) is 17.7 Å². The van der Waals surface area contributed by atoms with E-state index in [-0.39, 0.29) is 11.8 Å². The summed E-state index contributed by atoms with van der Waals surface area (Å²) in [4.78, 5) is 26.3. The van der Waals surface area contributed by atoms with Gasteiger partial charge in [-0.3, -0.25) is 4.79 Å². The molecule has 4 rings (SSSR count). The highest BCUT2D eigenvalue weighted by atomic mass is 35.5. The maximum absolute atomic E-state index is 12.8. The minimum atomic E-state index is -0.0504. The average molecular weight is 415 g/mol. The first-order valence-electron chi connectivity index (χ1n) is 9.65. The molecule has 1 saturated heterocycles. The maximum Gasteiger partial charge on any atom is 0.225 e. The number of hydrogen-bond acceptors (Lipinski definition) is 5. The zero-order valence-corrected chi connectivity index (χ0v) is 17.4. The van der Waals surface area contributed by atoms with E-state index in [1.165, 1.54) is 4.88 Å². The second-order valence-corrected chi connectivity index (χ2v) is 8.60. The van der Waals surface area contributed by atoms with Gasteiger partial charge in [-0.2, -0.15) is 0 Å². The minimum absolute atomic E-state index is 0.0504. The van der Waals surface area contributed by atoms with Crippen molar-refractivity contribution in [2.45, 2.75) is 32.7 Å². The van der Waals surface area contributed by atoms with Gasteiger partial charge >= 0.3 is 0 Å². The van der Waals surface area contributed by atoms with Crippen LogP contribution in [0, 0.1) is 5.92 Å². The Morgan fingerprint density at radius 1 is 1.36 bits per heavy atom. The van der Waals surface area contributed by atoms with Gasteiger partial charge in [0.1, 0.15) is 17.0 Å². The molecule has 28 heavy (non-hydrogen) atoms. The molecule has 1 atom stereocenters. The number of benzene rings is 1. The Balaban J connectivity index is 1.46. The van der Waals surface area contributed by atoms with Crippen LogP contribution in [0.1, 0.15) is 30.2 Å². The summed E-state index contributed by atoms with van der Waals surface area (Å²) >= 11 is 7.91. The minimum Gasteiger partial charge on any atom is -0.355 e. The lowest BCUT2D eigenvalue weighted by Crippen LogP contribution is -2.43. The van der Waals surface area contributed by atoms with Gasteiger partial charge in [0.25, 0.3) is 0 Å². The number of carbonyl (C=O) groups is 1. The van der Waals surface area contributed by atoms with Gasteiger partial charge in [-0.15, -0.1) is 11.3 Å². The van der Waals surface area contributed by atoms with E-state index in [4.69, 9.17) is 11.6 Å². The molecule has 3 heterocycles. The number of nitrogens with one attached hydrogen (secondary N) is 1. The normalized spacial score (nSPS) is 17.1. The smallest absolute Gasteiger partial charge is 0.225 e. The predicted octanol–water partition coefficient (Wildman–Crippen LogP) is 4.44. The van der Waals surface area contributed by atoms with E-state index in [0.29, 0.717) is 18.1 Å². The van der Waals surface area contributed by atoms with E-state index in [9.17, 15) is 4.79 Å². The Bertz CT molecular complexity index is 989. The van der Waals surface area contributed by atoms with Gasteiger partial charge in [0.2, 0.25) is 5.91 Å². The molecule has 0 bridgehead atoms. The molecule has 0 aliphatic carbocycles. The third-order valence-corrected chi connectivity index (χ3v) is 6.77. The van der Waals surface area contributed by atoms with Crippen molar-refractivity contribution in [3.05, 3.63) is 52.1 Å². The maximum atomic E-state index is 12.8. The molecule has 3 aromatic rings. The second-order valence-electron chi connectivity index (χ2n) is 7.08. The van der Waals surface area contributed by atoms with Crippen molar-refractivity contribution in [1.82, 2.24) is 15.3 Å². The average Bonchev–Trinajstić information content (AvgIpc) is 3.16. The van der Waals surface area contributed by atoms with Crippen LogP contribution in [0.25, 0.3) is 10.2 Å². The van der Waals surface area contributed by atoms with Crippen molar-refractivity contribution in [3.63, 3.8) is 0 Å². The molecule has 1 aliphatic rings. The molecule has 5 nitrogen and oxygen atoms in total.